The van der Waals surface area contributed by atoms with E-state index < -0.39 is 0 Å². The third kappa shape index (κ3) is 2.09. The second-order valence-corrected chi connectivity index (χ2v) is 4.44. The number of hydrogen-bond donors (Lipinski definition) is 1. The van der Waals surface area contributed by atoms with Crippen molar-refractivity contribution in [3.63, 3.8) is 0 Å². The number of aromatic nitrogens is 4. The first-order valence-corrected chi connectivity index (χ1v) is 6.00. The molecule has 0 atom stereocenters. The van der Waals surface area contributed by atoms with E-state index in [9.17, 15) is 5.11 Å². The normalized spacial score (nSPS) is 10.7. The van der Waals surface area contributed by atoms with Crippen LogP contribution in [0.15, 0.2) is 41.1 Å². The number of hydrogen-bond acceptors (Lipinski definition) is 6. The number of aromatic hydroxyl groups is 1. The van der Waals surface area contributed by atoms with Gasteiger partial charge in [-0.05, 0) is 17.3 Å². The topological polar surface area (TPSA) is 80.2 Å². The minimum atomic E-state index is -0.0113. The lowest BCUT2D eigenvalue weighted by molar-refractivity contribution is 0.423. The summed E-state index contributed by atoms with van der Waals surface area (Å²) in [7, 11) is 3.61. The predicted molar refractivity (Wildman–Crippen MR) is 72.8 cm³/mol. The van der Waals surface area contributed by atoms with Gasteiger partial charge in [0.2, 0.25) is 0 Å². The van der Waals surface area contributed by atoms with Crippen LogP contribution in [0.5, 0.6) is 5.75 Å². The molecule has 20 heavy (non-hydrogen) atoms. The van der Waals surface area contributed by atoms with Gasteiger partial charge in [-0.3, -0.25) is 0 Å². The van der Waals surface area contributed by atoms with Crippen molar-refractivity contribution >= 4 is 5.95 Å². The number of para-hydroxylation sites is 1. The van der Waals surface area contributed by atoms with Crippen molar-refractivity contribution in [1.29, 1.82) is 0 Å². The Bertz CT molecular complexity index is 717. The van der Waals surface area contributed by atoms with Gasteiger partial charge in [-0.1, -0.05) is 18.2 Å². The molecule has 0 aliphatic carbocycles. The minimum Gasteiger partial charge on any atom is -0.504 e. The van der Waals surface area contributed by atoms with Gasteiger partial charge in [0.1, 0.15) is 0 Å². The van der Waals surface area contributed by atoms with Crippen LogP contribution in [0.3, 0.4) is 0 Å². The fraction of sp³-hybridized carbons (Fsp3) is 0.154. The molecule has 0 unspecified atom stereocenters. The molecule has 1 aromatic carbocycles. The molecule has 0 bridgehead atoms. The third-order valence-electron chi connectivity index (χ3n) is 2.73. The molecule has 0 radical (unpaired) electrons. The standard InChI is InChI=1S/C13H13N5O2/c1-17(2)13-14-12(20-16-13)11-10(19)8-18(15-11)9-6-4-3-5-7-9/h3-8,19H,1-2H3. The van der Waals surface area contributed by atoms with Crippen molar-refractivity contribution in [2.24, 2.45) is 0 Å². The van der Waals surface area contributed by atoms with Crippen molar-refractivity contribution in [1.82, 2.24) is 19.9 Å². The molecule has 0 saturated carbocycles. The molecule has 0 aliphatic rings. The molecule has 2 heterocycles. The Labute approximate surface area is 115 Å². The number of anilines is 1. The maximum absolute atomic E-state index is 9.97. The van der Waals surface area contributed by atoms with Gasteiger partial charge in [0.25, 0.3) is 11.8 Å². The van der Waals surface area contributed by atoms with Crippen LogP contribution in [0.4, 0.5) is 5.95 Å². The highest BCUT2D eigenvalue weighted by molar-refractivity contribution is 5.58. The minimum absolute atomic E-state index is 0.0113. The van der Waals surface area contributed by atoms with Gasteiger partial charge in [-0.25, -0.2) is 4.68 Å². The lowest BCUT2D eigenvalue weighted by atomic mass is 10.3. The lowest BCUT2D eigenvalue weighted by Gasteiger charge is -2.02. The summed E-state index contributed by atoms with van der Waals surface area (Å²) in [5.41, 5.74) is 1.09. The van der Waals surface area contributed by atoms with Crippen LogP contribution in [0.25, 0.3) is 17.3 Å². The monoisotopic (exact) mass is 271 g/mol. The van der Waals surface area contributed by atoms with Crippen molar-refractivity contribution in [3.8, 4) is 23.0 Å². The Kier molecular flexibility index (Phi) is 2.86. The van der Waals surface area contributed by atoms with Gasteiger partial charge in [0, 0.05) is 14.1 Å². The summed E-state index contributed by atoms with van der Waals surface area (Å²) < 4.78 is 6.66. The molecular formula is C13H13N5O2. The van der Waals surface area contributed by atoms with Crippen LogP contribution in [-0.4, -0.2) is 39.1 Å². The van der Waals surface area contributed by atoms with Gasteiger partial charge >= 0.3 is 0 Å². The fourth-order valence-corrected chi connectivity index (χ4v) is 1.72. The average Bonchev–Trinajstić information content (AvgIpc) is 3.06. The molecule has 7 heteroatoms. The Hall–Kier alpha value is -2.83. The Morgan fingerprint density at radius 3 is 2.60 bits per heavy atom. The van der Waals surface area contributed by atoms with E-state index in [1.807, 2.05) is 30.3 Å². The van der Waals surface area contributed by atoms with Gasteiger partial charge in [0.05, 0.1) is 11.9 Å². The molecule has 0 spiro atoms. The Morgan fingerprint density at radius 1 is 1.20 bits per heavy atom. The van der Waals surface area contributed by atoms with Gasteiger partial charge in [-0.2, -0.15) is 10.1 Å². The molecule has 3 rings (SSSR count). The van der Waals surface area contributed by atoms with Crippen LogP contribution in [0, 0.1) is 0 Å². The van der Waals surface area contributed by atoms with Crippen molar-refractivity contribution in [2.75, 3.05) is 19.0 Å². The summed E-state index contributed by atoms with van der Waals surface area (Å²) in [6, 6.07) is 9.47. The SMILES string of the molecule is CN(C)c1noc(-c2nn(-c3ccccc3)cc2O)n1. The van der Waals surface area contributed by atoms with E-state index >= 15 is 0 Å². The first kappa shape index (κ1) is 12.2. The van der Waals surface area contributed by atoms with Crippen LogP contribution in [0.2, 0.25) is 0 Å². The molecule has 0 saturated heterocycles. The number of benzene rings is 1. The van der Waals surface area contributed by atoms with Crippen molar-refractivity contribution in [3.05, 3.63) is 36.5 Å². The van der Waals surface area contributed by atoms with Gasteiger partial charge in [0.15, 0.2) is 11.4 Å². The van der Waals surface area contributed by atoms with Gasteiger partial charge in [-0.15, -0.1) is 0 Å². The van der Waals surface area contributed by atoms with E-state index in [1.165, 1.54) is 6.20 Å². The maximum Gasteiger partial charge on any atom is 0.283 e. The molecule has 1 N–H and O–H groups in total. The quantitative estimate of drug-likeness (QED) is 0.781. The van der Waals surface area contributed by atoms with E-state index in [1.54, 1.807) is 23.7 Å². The molecule has 0 fully saturated rings. The largest absolute Gasteiger partial charge is 0.504 e. The smallest absolute Gasteiger partial charge is 0.283 e. The second-order valence-electron chi connectivity index (χ2n) is 4.44. The Morgan fingerprint density at radius 2 is 1.95 bits per heavy atom. The molecule has 2 aromatic heterocycles. The summed E-state index contributed by atoms with van der Waals surface area (Å²) >= 11 is 0. The maximum atomic E-state index is 9.97. The van der Waals surface area contributed by atoms with E-state index in [2.05, 4.69) is 15.2 Å². The van der Waals surface area contributed by atoms with Crippen molar-refractivity contribution < 1.29 is 9.63 Å². The molecular weight excluding hydrogens is 258 g/mol. The highest BCUT2D eigenvalue weighted by Crippen LogP contribution is 2.28. The third-order valence-corrected chi connectivity index (χ3v) is 2.73. The summed E-state index contributed by atoms with van der Waals surface area (Å²) in [6.45, 7) is 0. The van der Waals surface area contributed by atoms with E-state index in [-0.39, 0.29) is 17.3 Å². The summed E-state index contributed by atoms with van der Waals surface area (Å²) in [5.74, 6) is 0.595. The second kappa shape index (κ2) is 4.69. The summed E-state index contributed by atoms with van der Waals surface area (Å²) in [5, 5.41) is 18.0. The Balaban J connectivity index is 2.00. The van der Waals surface area contributed by atoms with Crippen LogP contribution >= 0.6 is 0 Å². The average molecular weight is 271 g/mol. The molecule has 3 aromatic rings. The van der Waals surface area contributed by atoms with E-state index in [0.717, 1.165) is 5.69 Å². The molecule has 102 valence electrons. The first-order chi connectivity index (χ1) is 9.65. The zero-order valence-corrected chi connectivity index (χ0v) is 11.1. The summed E-state index contributed by atoms with van der Waals surface area (Å²) in [4.78, 5) is 5.87. The van der Waals surface area contributed by atoms with E-state index in [4.69, 9.17) is 4.52 Å². The lowest BCUT2D eigenvalue weighted by Crippen LogP contribution is -2.10. The van der Waals surface area contributed by atoms with Gasteiger partial charge < -0.3 is 14.5 Å². The summed E-state index contributed by atoms with van der Waals surface area (Å²) in [6.07, 6.45) is 1.50. The highest BCUT2D eigenvalue weighted by Gasteiger charge is 2.18. The fourth-order valence-electron chi connectivity index (χ4n) is 1.72. The molecule has 0 aliphatic heterocycles. The predicted octanol–water partition coefficient (Wildman–Crippen LogP) is 1.69. The zero-order chi connectivity index (χ0) is 14.1. The van der Waals surface area contributed by atoms with Crippen LogP contribution in [0.1, 0.15) is 0 Å². The first-order valence-electron chi connectivity index (χ1n) is 6.00. The zero-order valence-electron chi connectivity index (χ0n) is 11.1. The number of rotatable bonds is 3. The van der Waals surface area contributed by atoms with E-state index in [0.29, 0.717) is 5.95 Å². The van der Waals surface area contributed by atoms with Crippen LogP contribution in [-0.2, 0) is 0 Å². The van der Waals surface area contributed by atoms with Crippen molar-refractivity contribution in [2.45, 2.75) is 0 Å². The van der Waals surface area contributed by atoms with Crippen LogP contribution < -0.4 is 4.90 Å². The molecule has 0 amide bonds. The molecule has 7 nitrogen and oxygen atoms in total. The number of nitrogens with zero attached hydrogens (tertiary/aromatic N) is 5. The highest BCUT2D eigenvalue weighted by atomic mass is 16.5.